The van der Waals surface area contributed by atoms with Gasteiger partial charge in [-0.2, -0.15) is 5.10 Å². The summed E-state index contributed by atoms with van der Waals surface area (Å²) in [5.74, 6) is 0.132. The van der Waals surface area contributed by atoms with Gasteiger partial charge in [-0.1, -0.05) is 36.6 Å². The van der Waals surface area contributed by atoms with Crippen LogP contribution < -0.4 is 5.32 Å². The SMILES string of the molecule is CNC(=O)c1cnn(C2CCCN(C(=O)C3(c4ccc(Cl)cc4)CCCC3)CC2)c1. The monoisotopic (exact) mass is 428 g/mol. The fourth-order valence-electron chi connectivity index (χ4n) is 5.02. The van der Waals surface area contributed by atoms with Crippen molar-refractivity contribution >= 4 is 23.4 Å². The second-order valence-electron chi connectivity index (χ2n) is 8.46. The van der Waals surface area contributed by atoms with E-state index in [1.165, 1.54) is 0 Å². The molecule has 1 aliphatic carbocycles. The number of carbonyl (C=O) groups excluding carboxylic acids is 2. The smallest absolute Gasteiger partial charge is 0.254 e. The van der Waals surface area contributed by atoms with Crippen LogP contribution in [0.15, 0.2) is 36.7 Å². The van der Waals surface area contributed by atoms with Crippen molar-refractivity contribution < 1.29 is 9.59 Å². The zero-order chi connectivity index (χ0) is 21.1. The van der Waals surface area contributed by atoms with E-state index in [-0.39, 0.29) is 17.9 Å². The van der Waals surface area contributed by atoms with Crippen molar-refractivity contribution in [2.75, 3.05) is 20.1 Å². The first-order valence-corrected chi connectivity index (χ1v) is 11.2. The molecule has 1 saturated carbocycles. The number of benzene rings is 1. The van der Waals surface area contributed by atoms with Gasteiger partial charge in [0.05, 0.1) is 23.2 Å². The molecule has 1 aromatic heterocycles. The van der Waals surface area contributed by atoms with Crippen LogP contribution in [0.4, 0.5) is 0 Å². The van der Waals surface area contributed by atoms with Crippen molar-refractivity contribution in [1.82, 2.24) is 20.0 Å². The quantitative estimate of drug-likeness (QED) is 0.801. The van der Waals surface area contributed by atoms with Gasteiger partial charge in [0.2, 0.25) is 5.91 Å². The van der Waals surface area contributed by atoms with Gasteiger partial charge in [0.15, 0.2) is 0 Å². The molecule has 1 saturated heterocycles. The summed E-state index contributed by atoms with van der Waals surface area (Å²) in [4.78, 5) is 27.6. The van der Waals surface area contributed by atoms with Crippen LogP contribution in [0.25, 0.3) is 0 Å². The van der Waals surface area contributed by atoms with E-state index in [4.69, 9.17) is 11.6 Å². The number of nitrogens with zero attached hydrogens (tertiary/aromatic N) is 3. The first kappa shape index (κ1) is 20.9. The molecule has 1 aliphatic heterocycles. The van der Waals surface area contributed by atoms with Gasteiger partial charge in [0.1, 0.15) is 0 Å². The largest absolute Gasteiger partial charge is 0.355 e. The summed E-state index contributed by atoms with van der Waals surface area (Å²) in [6, 6.07) is 8.04. The standard InChI is InChI=1S/C23H29ClN4O2/c1-25-21(29)17-15-26-28(16-17)20-5-4-13-27(14-10-20)22(30)23(11-2-3-12-23)18-6-8-19(24)9-7-18/h6-9,15-16,20H,2-5,10-14H2,1H3,(H,25,29). The number of amides is 2. The van der Waals surface area contributed by atoms with E-state index in [9.17, 15) is 9.59 Å². The minimum Gasteiger partial charge on any atom is -0.355 e. The molecule has 30 heavy (non-hydrogen) atoms. The molecule has 160 valence electrons. The number of hydrogen-bond acceptors (Lipinski definition) is 3. The summed E-state index contributed by atoms with van der Waals surface area (Å²) < 4.78 is 1.89. The molecule has 2 fully saturated rings. The Balaban J connectivity index is 1.49. The summed E-state index contributed by atoms with van der Waals surface area (Å²) in [7, 11) is 1.62. The topological polar surface area (TPSA) is 67.2 Å². The molecule has 4 rings (SSSR count). The molecule has 1 atom stereocenters. The Bertz CT molecular complexity index is 902. The van der Waals surface area contributed by atoms with Crippen LogP contribution in [0.1, 0.15) is 66.9 Å². The molecule has 0 radical (unpaired) electrons. The molecule has 2 aromatic rings. The highest BCUT2D eigenvalue weighted by Gasteiger charge is 2.45. The van der Waals surface area contributed by atoms with Crippen molar-refractivity contribution in [3.05, 3.63) is 52.8 Å². The van der Waals surface area contributed by atoms with Gasteiger partial charge < -0.3 is 10.2 Å². The lowest BCUT2D eigenvalue weighted by Crippen LogP contribution is -2.46. The highest BCUT2D eigenvalue weighted by Crippen LogP contribution is 2.43. The third kappa shape index (κ3) is 3.97. The van der Waals surface area contributed by atoms with Gasteiger partial charge in [-0.15, -0.1) is 0 Å². The third-order valence-corrected chi connectivity index (χ3v) is 6.96. The first-order chi connectivity index (χ1) is 14.5. The summed E-state index contributed by atoms with van der Waals surface area (Å²) in [5, 5.41) is 7.74. The van der Waals surface area contributed by atoms with Crippen molar-refractivity contribution in [2.45, 2.75) is 56.4 Å². The maximum atomic E-state index is 13.8. The molecule has 0 bridgehead atoms. The van der Waals surface area contributed by atoms with E-state index in [1.807, 2.05) is 35.1 Å². The zero-order valence-electron chi connectivity index (χ0n) is 17.4. The minimum absolute atomic E-state index is 0.127. The molecule has 0 spiro atoms. The van der Waals surface area contributed by atoms with Crippen LogP contribution in [0.5, 0.6) is 0 Å². The van der Waals surface area contributed by atoms with Gasteiger partial charge >= 0.3 is 0 Å². The predicted molar refractivity (Wildman–Crippen MR) is 117 cm³/mol. The van der Waals surface area contributed by atoms with Gasteiger partial charge in [-0.25, -0.2) is 0 Å². The van der Waals surface area contributed by atoms with Gasteiger partial charge in [0, 0.05) is 31.4 Å². The highest BCUT2D eigenvalue weighted by atomic mass is 35.5. The summed E-state index contributed by atoms with van der Waals surface area (Å²) in [5.41, 5.74) is 1.25. The molecular formula is C23H29ClN4O2. The number of nitrogens with one attached hydrogen (secondary N) is 1. The molecule has 6 nitrogen and oxygen atoms in total. The summed E-state index contributed by atoms with van der Waals surface area (Å²) >= 11 is 6.09. The van der Waals surface area contributed by atoms with Crippen molar-refractivity contribution in [1.29, 1.82) is 0 Å². The first-order valence-electron chi connectivity index (χ1n) is 10.9. The Morgan fingerprint density at radius 3 is 2.53 bits per heavy atom. The van der Waals surface area contributed by atoms with Crippen molar-refractivity contribution in [3.63, 3.8) is 0 Å². The highest BCUT2D eigenvalue weighted by molar-refractivity contribution is 6.30. The number of carbonyl (C=O) groups is 2. The number of aromatic nitrogens is 2. The lowest BCUT2D eigenvalue weighted by Gasteiger charge is -2.34. The Labute approximate surface area is 182 Å². The van der Waals surface area contributed by atoms with Crippen LogP contribution in [-0.2, 0) is 10.2 Å². The van der Waals surface area contributed by atoms with Crippen LogP contribution >= 0.6 is 11.6 Å². The molecule has 2 heterocycles. The molecule has 7 heteroatoms. The van der Waals surface area contributed by atoms with E-state index >= 15 is 0 Å². The predicted octanol–water partition coefficient (Wildman–Crippen LogP) is 3.96. The minimum atomic E-state index is -0.414. The molecule has 2 amide bonds. The van der Waals surface area contributed by atoms with E-state index in [1.54, 1.807) is 13.2 Å². The van der Waals surface area contributed by atoms with Crippen LogP contribution in [0.3, 0.4) is 0 Å². The lowest BCUT2D eigenvalue weighted by atomic mass is 9.77. The Kier molecular flexibility index (Phi) is 6.14. The van der Waals surface area contributed by atoms with Gasteiger partial charge in [-0.3, -0.25) is 14.3 Å². The Morgan fingerprint density at radius 2 is 1.83 bits per heavy atom. The van der Waals surface area contributed by atoms with E-state index < -0.39 is 5.41 Å². The van der Waals surface area contributed by atoms with Gasteiger partial charge in [-0.05, 0) is 49.8 Å². The number of hydrogen-bond donors (Lipinski definition) is 1. The number of rotatable bonds is 4. The van der Waals surface area contributed by atoms with E-state index in [0.29, 0.717) is 17.1 Å². The molecular weight excluding hydrogens is 400 g/mol. The third-order valence-electron chi connectivity index (χ3n) is 6.71. The van der Waals surface area contributed by atoms with E-state index in [2.05, 4.69) is 15.3 Å². The van der Waals surface area contributed by atoms with Crippen molar-refractivity contribution in [2.24, 2.45) is 0 Å². The summed E-state index contributed by atoms with van der Waals surface area (Å²) in [6.45, 7) is 1.49. The average Bonchev–Trinajstić information content (AvgIpc) is 3.39. The van der Waals surface area contributed by atoms with Gasteiger partial charge in [0.25, 0.3) is 5.91 Å². The Morgan fingerprint density at radius 1 is 1.10 bits per heavy atom. The molecule has 2 aliphatic rings. The zero-order valence-corrected chi connectivity index (χ0v) is 18.2. The number of halogens is 1. The van der Waals surface area contributed by atoms with E-state index in [0.717, 1.165) is 57.1 Å². The maximum Gasteiger partial charge on any atom is 0.254 e. The van der Waals surface area contributed by atoms with Crippen LogP contribution in [-0.4, -0.2) is 46.6 Å². The molecule has 1 unspecified atom stereocenters. The fourth-order valence-corrected chi connectivity index (χ4v) is 5.15. The second kappa shape index (κ2) is 8.80. The average molecular weight is 429 g/mol. The second-order valence-corrected chi connectivity index (χ2v) is 8.90. The number of likely N-dealkylation sites (tertiary alicyclic amines) is 1. The maximum absolute atomic E-state index is 13.8. The molecule has 1 N–H and O–H groups in total. The van der Waals surface area contributed by atoms with Crippen LogP contribution in [0, 0.1) is 0 Å². The van der Waals surface area contributed by atoms with Crippen molar-refractivity contribution in [3.8, 4) is 0 Å². The summed E-state index contributed by atoms with van der Waals surface area (Å²) in [6.07, 6.45) is 10.1. The lowest BCUT2D eigenvalue weighted by molar-refractivity contribution is -0.137. The molecule has 1 aromatic carbocycles. The fraction of sp³-hybridized carbons (Fsp3) is 0.522. The Hall–Kier alpha value is -2.34. The van der Waals surface area contributed by atoms with Crippen LogP contribution in [0.2, 0.25) is 5.02 Å². The normalized spacial score (nSPS) is 21.3.